The lowest BCUT2D eigenvalue weighted by molar-refractivity contribution is 0.0691. The monoisotopic (exact) mass is 305 g/mol. The molecule has 0 spiro atoms. The molecule has 6 heteroatoms. The first-order chi connectivity index (χ1) is 10.2. The highest BCUT2D eigenvalue weighted by Crippen LogP contribution is 2.33. The van der Waals surface area contributed by atoms with Crippen molar-refractivity contribution in [2.45, 2.75) is 38.1 Å². The first kappa shape index (κ1) is 14.1. The van der Waals surface area contributed by atoms with Gasteiger partial charge in [0.15, 0.2) is 5.69 Å². The van der Waals surface area contributed by atoms with Crippen LogP contribution in [-0.4, -0.2) is 26.1 Å². The van der Waals surface area contributed by atoms with Crippen molar-refractivity contribution < 1.29 is 9.90 Å². The Morgan fingerprint density at radius 2 is 1.86 bits per heavy atom. The molecule has 1 heterocycles. The summed E-state index contributed by atoms with van der Waals surface area (Å²) in [6, 6.07) is 7.35. The van der Waals surface area contributed by atoms with Crippen molar-refractivity contribution in [3.63, 3.8) is 0 Å². The first-order valence-corrected chi connectivity index (χ1v) is 7.49. The van der Waals surface area contributed by atoms with E-state index in [0.29, 0.717) is 10.7 Å². The molecule has 1 fully saturated rings. The molecule has 1 aliphatic carbocycles. The summed E-state index contributed by atoms with van der Waals surface area (Å²) in [5, 5.41) is 18.0. The van der Waals surface area contributed by atoms with Crippen LogP contribution in [0.15, 0.2) is 24.3 Å². The molecule has 110 valence electrons. The van der Waals surface area contributed by atoms with E-state index in [1.165, 1.54) is 6.42 Å². The van der Waals surface area contributed by atoms with Gasteiger partial charge in [0.25, 0.3) is 0 Å². The molecule has 0 aliphatic heterocycles. The summed E-state index contributed by atoms with van der Waals surface area (Å²) < 4.78 is 1.78. The third kappa shape index (κ3) is 2.78. The summed E-state index contributed by atoms with van der Waals surface area (Å²) in [5.41, 5.74) is 1.36. The Kier molecular flexibility index (Phi) is 3.92. The minimum absolute atomic E-state index is 0.00268. The number of benzene rings is 1. The molecule has 0 unspecified atom stereocenters. The lowest BCUT2D eigenvalue weighted by atomic mass is 9.95. The second-order valence-electron chi connectivity index (χ2n) is 5.34. The summed E-state index contributed by atoms with van der Waals surface area (Å²) in [6.07, 6.45) is 5.55. The highest BCUT2D eigenvalue weighted by Gasteiger charge is 2.26. The third-order valence-corrected chi connectivity index (χ3v) is 4.19. The number of nitrogens with zero attached hydrogens (tertiary/aromatic N) is 3. The summed E-state index contributed by atoms with van der Waals surface area (Å²) in [4.78, 5) is 11.4. The zero-order chi connectivity index (χ0) is 14.8. The zero-order valence-corrected chi connectivity index (χ0v) is 12.3. The van der Waals surface area contributed by atoms with E-state index >= 15 is 0 Å². The van der Waals surface area contributed by atoms with Crippen LogP contribution in [0, 0.1) is 0 Å². The van der Waals surface area contributed by atoms with Crippen LogP contribution in [0.2, 0.25) is 5.02 Å². The van der Waals surface area contributed by atoms with Crippen molar-refractivity contribution in [3.8, 4) is 11.3 Å². The van der Waals surface area contributed by atoms with Gasteiger partial charge in [0, 0.05) is 10.6 Å². The zero-order valence-electron chi connectivity index (χ0n) is 11.5. The lowest BCUT2D eigenvalue weighted by Crippen LogP contribution is -2.15. The number of aromatic nitrogens is 3. The van der Waals surface area contributed by atoms with Gasteiger partial charge < -0.3 is 5.11 Å². The second-order valence-corrected chi connectivity index (χ2v) is 5.77. The van der Waals surface area contributed by atoms with E-state index in [-0.39, 0.29) is 11.7 Å². The van der Waals surface area contributed by atoms with Gasteiger partial charge in [0.1, 0.15) is 5.69 Å². The maximum absolute atomic E-state index is 11.4. The van der Waals surface area contributed by atoms with Crippen LogP contribution in [0.1, 0.15) is 48.6 Å². The van der Waals surface area contributed by atoms with E-state index in [4.69, 9.17) is 11.6 Å². The van der Waals surface area contributed by atoms with E-state index < -0.39 is 5.97 Å². The summed E-state index contributed by atoms with van der Waals surface area (Å²) in [5.74, 6) is -1.05. The molecule has 1 aromatic heterocycles. The number of hydrogen-bond donors (Lipinski definition) is 1. The number of aromatic carboxylic acids is 1. The van der Waals surface area contributed by atoms with E-state index in [0.717, 1.165) is 31.2 Å². The first-order valence-electron chi connectivity index (χ1n) is 7.11. The number of rotatable bonds is 3. The Morgan fingerprint density at radius 1 is 1.19 bits per heavy atom. The molecule has 0 radical (unpaired) electrons. The topological polar surface area (TPSA) is 68.0 Å². The summed E-state index contributed by atoms with van der Waals surface area (Å²) >= 11 is 5.91. The van der Waals surface area contributed by atoms with Crippen LogP contribution >= 0.6 is 11.6 Å². The van der Waals surface area contributed by atoms with Crippen molar-refractivity contribution in [1.29, 1.82) is 0 Å². The van der Waals surface area contributed by atoms with Crippen LogP contribution < -0.4 is 0 Å². The smallest absolute Gasteiger partial charge is 0.358 e. The third-order valence-electron chi connectivity index (χ3n) is 3.94. The fourth-order valence-corrected chi connectivity index (χ4v) is 3.02. The Labute approximate surface area is 127 Å². The average molecular weight is 306 g/mol. The Hall–Kier alpha value is -1.88. The van der Waals surface area contributed by atoms with E-state index in [2.05, 4.69) is 10.3 Å². The molecular weight excluding hydrogens is 290 g/mol. The van der Waals surface area contributed by atoms with Crippen molar-refractivity contribution in [1.82, 2.24) is 15.0 Å². The Bertz CT molecular complexity index is 645. The van der Waals surface area contributed by atoms with Gasteiger partial charge in [-0.3, -0.25) is 0 Å². The number of halogens is 1. The van der Waals surface area contributed by atoms with Gasteiger partial charge in [-0.15, -0.1) is 5.10 Å². The van der Waals surface area contributed by atoms with E-state index in [1.54, 1.807) is 16.8 Å². The van der Waals surface area contributed by atoms with Gasteiger partial charge in [-0.1, -0.05) is 48.2 Å². The van der Waals surface area contributed by atoms with Gasteiger partial charge in [0.05, 0.1) is 6.04 Å². The molecule has 3 rings (SSSR count). The van der Waals surface area contributed by atoms with Crippen LogP contribution in [0.25, 0.3) is 11.3 Å². The molecule has 0 saturated heterocycles. The minimum Gasteiger partial charge on any atom is -0.476 e. The molecular formula is C15H16ClN3O2. The standard InChI is InChI=1S/C15H16ClN3O2/c16-11-8-6-10(7-9-11)14-13(15(20)21)17-18-19(14)12-4-2-1-3-5-12/h6-9,12H,1-5H2,(H,20,21). The predicted octanol–water partition coefficient (Wildman–Crippen LogP) is 3.80. The van der Waals surface area contributed by atoms with Crippen molar-refractivity contribution in [3.05, 3.63) is 35.0 Å². The molecule has 1 N–H and O–H groups in total. The van der Waals surface area contributed by atoms with Crippen molar-refractivity contribution in [2.75, 3.05) is 0 Å². The predicted molar refractivity (Wildman–Crippen MR) is 79.5 cm³/mol. The minimum atomic E-state index is -1.05. The Morgan fingerprint density at radius 3 is 2.48 bits per heavy atom. The molecule has 0 bridgehead atoms. The molecule has 2 aromatic rings. The molecule has 21 heavy (non-hydrogen) atoms. The van der Waals surface area contributed by atoms with Crippen LogP contribution in [0.3, 0.4) is 0 Å². The number of hydrogen-bond acceptors (Lipinski definition) is 3. The van der Waals surface area contributed by atoms with Gasteiger partial charge in [-0.2, -0.15) is 0 Å². The highest BCUT2D eigenvalue weighted by molar-refractivity contribution is 6.30. The normalized spacial score (nSPS) is 16.0. The van der Waals surface area contributed by atoms with Crippen LogP contribution in [0.5, 0.6) is 0 Å². The van der Waals surface area contributed by atoms with Crippen molar-refractivity contribution in [2.24, 2.45) is 0 Å². The molecule has 0 amide bonds. The average Bonchev–Trinajstić information content (AvgIpc) is 2.94. The van der Waals surface area contributed by atoms with Crippen molar-refractivity contribution >= 4 is 17.6 Å². The summed E-state index contributed by atoms with van der Waals surface area (Å²) in [7, 11) is 0. The van der Waals surface area contributed by atoms with Gasteiger partial charge in [0.2, 0.25) is 0 Å². The number of carboxylic acids is 1. The fraction of sp³-hybridized carbons (Fsp3) is 0.400. The maximum atomic E-state index is 11.4. The number of carboxylic acid groups (broad SMARTS) is 1. The van der Waals surface area contributed by atoms with E-state index in [1.807, 2.05) is 12.1 Å². The van der Waals surface area contributed by atoms with Gasteiger partial charge in [-0.05, 0) is 25.0 Å². The quantitative estimate of drug-likeness (QED) is 0.936. The lowest BCUT2D eigenvalue weighted by Gasteiger charge is -2.23. The highest BCUT2D eigenvalue weighted by atomic mass is 35.5. The molecule has 0 atom stereocenters. The molecule has 1 aromatic carbocycles. The Balaban J connectivity index is 2.08. The van der Waals surface area contributed by atoms with Gasteiger partial charge in [-0.25, -0.2) is 9.48 Å². The molecule has 1 aliphatic rings. The van der Waals surface area contributed by atoms with E-state index in [9.17, 15) is 9.90 Å². The van der Waals surface area contributed by atoms with Crippen LogP contribution in [-0.2, 0) is 0 Å². The fourth-order valence-electron chi connectivity index (χ4n) is 2.90. The molecule has 1 saturated carbocycles. The largest absolute Gasteiger partial charge is 0.476 e. The van der Waals surface area contributed by atoms with Crippen LogP contribution in [0.4, 0.5) is 0 Å². The summed E-state index contributed by atoms with van der Waals surface area (Å²) in [6.45, 7) is 0. The second kappa shape index (κ2) is 5.85. The van der Waals surface area contributed by atoms with Gasteiger partial charge >= 0.3 is 5.97 Å². The molecule has 5 nitrogen and oxygen atoms in total. The maximum Gasteiger partial charge on any atom is 0.358 e. The number of carbonyl (C=O) groups is 1. The SMILES string of the molecule is O=C(O)c1nnn(C2CCCCC2)c1-c1ccc(Cl)cc1.